The maximum Gasteiger partial charge on any atom is 0.139 e. The van der Waals surface area contributed by atoms with Crippen molar-refractivity contribution in [1.29, 1.82) is 0 Å². The van der Waals surface area contributed by atoms with Gasteiger partial charge in [0.25, 0.3) is 0 Å². The molecule has 2 nitrogen and oxygen atoms in total. The molecule has 0 saturated heterocycles. The zero-order valence-corrected chi connectivity index (χ0v) is 9.02. The van der Waals surface area contributed by atoms with Crippen LogP contribution in [0.5, 0.6) is 0 Å². The van der Waals surface area contributed by atoms with Crippen molar-refractivity contribution in [3.05, 3.63) is 29.1 Å². The Hall–Kier alpha value is -1.53. The van der Waals surface area contributed by atoms with E-state index in [0.29, 0.717) is 17.7 Å². The monoisotopic (exact) mass is 206 g/mol. The predicted octanol–water partition coefficient (Wildman–Crippen LogP) is 1.68. The molecule has 3 N–H and O–H groups in total. The van der Waals surface area contributed by atoms with Crippen LogP contribution in [0.4, 0.5) is 10.1 Å². The highest BCUT2D eigenvalue weighted by Crippen LogP contribution is 2.16. The molecule has 0 heterocycles. The van der Waals surface area contributed by atoms with Crippen molar-refractivity contribution in [1.82, 2.24) is 5.32 Å². The first-order valence-electron chi connectivity index (χ1n) is 4.84. The summed E-state index contributed by atoms with van der Waals surface area (Å²) in [5.74, 6) is 5.35. The Labute approximate surface area is 89.7 Å². The van der Waals surface area contributed by atoms with E-state index in [9.17, 15) is 4.39 Å². The lowest BCUT2D eigenvalue weighted by atomic mass is 10.1. The summed E-state index contributed by atoms with van der Waals surface area (Å²) in [6.45, 7) is 2.58. The highest BCUT2D eigenvalue weighted by Gasteiger charge is 2.02. The molecule has 15 heavy (non-hydrogen) atoms. The number of hydrogen-bond acceptors (Lipinski definition) is 2. The van der Waals surface area contributed by atoms with Gasteiger partial charge in [0.05, 0.1) is 5.56 Å². The Kier molecular flexibility index (Phi) is 4.14. The molecule has 0 atom stereocenters. The third-order valence-corrected chi connectivity index (χ3v) is 2.08. The molecule has 3 heteroatoms. The van der Waals surface area contributed by atoms with Crippen LogP contribution in [-0.4, -0.2) is 13.6 Å². The number of nitrogens with two attached hydrogens (primary N) is 1. The summed E-state index contributed by atoms with van der Waals surface area (Å²) < 4.78 is 13.4. The van der Waals surface area contributed by atoms with Gasteiger partial charge in [-0.25, -0.2) is 4.39 Å². The van der Waals surface area contributed by atoms with Crippen LogP contribution in [0.3, 0.4) is 0 Å². The Morgan fingerprint density at radius 2 is 2.20 bits per heavy atom. The van der Waals surface area contributed by atoms with E-state index >= 15 is 0 Å². The molecule has 0 saturated carbocycles. The number of nitrogens with one attached hydrogen (secondary N) is 1. The SMILES string of the molecule is CNCCC#Cc1cc(N)c(C)cc1F. The van der Waals surface area contributed by atoms with Crippen molar-refractivity contribution >= 4 is 5.69 Å². The third kappa shape index (κ3) is 3.26. The van der Waals surface area contributed by atoms with Crippen molar-refractivity contribution in [2.24, 2.45) is 0 Å². The second-order valence-corrected chi connectivity index (χ2v) is 3.34. The van der Waals surface area contributed by atoms with Crippen LogP contribution in [0.2, 0.25) is 0 Å². The van der Waals surface area contributed by atoms with Crippen molar-refractivity contribution < 1.29 is 4.39 Å². The fraction of sp³-hybridized carbons (Fsp3) is 0.333. The maximum atomic E-state index is 13.4. The predicted molar refractivity (Wildman–Crippen MR) is 61.0 cm³/mol. The van der Waals surface area contributed by atoms with E-state index in [-0.39, 0.29) is 5.82 Å². The molecular formula is C12H15FN2. The molecule has 1 aromatic rings. The molecule has 0 fully saturated rings. The molecule has 1 aromatic carbocycles. The lowest BCUT2D eigenvalue weighted by Crippen LogP contribution is -2.05. The summed E-state index contributed by atoms with van der Waals surface area (Å²) in [6.07, 6.45) is 0.698. The largest absolute Gasteiger partial charge is 0.398 e. The summed E-state index contributed by atoms with van der Waals surface area (Å²) in [5, 5.41) is 2.97. The number of rotatable bonds is 2. The Bertz CT molecular complexity index is 402. The molecule has 0 aliphatic rings. The van der Waals surface area contributed by atoms with Gasteiger partial charge in [0.15, 0.2) is 0 Å². The quantitative estimate of drug-likeness (QED) is 0.439. The van der Waals surface area contributed by atoms with Crippen LogP contribution in [0.1, 0.15) is 17.5 Å². The molecule has 80 valence electrons. The topological polar surface area (TPSA) is 38.0 Å². The number of nitrogen functional groups attached to an aromatic ring is 1. The van der Waals surface area contributed by atoms with Crippen LogP contribution >= 0.6 is 0 Å². The molecule has 0 aromatic heterocycles. The first kappa shape index (κ1) is 11.5. The first-order valence-corrected chi connectivity index (χ1v) is 4.84. The molecule has 0 amide bonds. The highest BCUT2D eigenvalue weighted by molar-refractivity contribution is 5.53. The smallest absolute Gasteiger partial charge is 0.139 e. The van der Waals surface area contributed by atoms with Gasteiger partial charge in [0.2, 0.25) is 0 Å². The number of anilines is 1. The van der Waals surface area contributed by atoms with Gasteiger partial charge in [-0.05, 0) is 31.7 Å². The van der Waals surface area contributed by atoms with Crippen molar-refractivity contribution in [2.45, 2.75) is 13.3 Å². The Morgan fingerprint density at radius 3 is 2.87 bits per heavy atom. The minimum Gasteiger partial charge on any atom is -0.398 e. The first-order chi connectivity index (χ1) is 7.15. The zero-order chi connectivity index (χ0) is 11.3. The molecule has 0 aliphatic heterocycles. The molecule has 0 bridgehead atoms. The third-order valence-electron chi connectivity index (χ3n) is 2.08. The minimum atomic E-state index is -0.307. The van der Waals surface area contributed by atoms with E-state index in [2.05, 4.69) is 17.2 Å². The number of aryl methyl sites for hydroxylation is 1. The average molecular weight is 206 g/mol. The van der Waals surface area contributed by atoms with E-state index < -0.39 is 0 Å². The van der Waals surface area contributed by atoms with Gasteiger partial charge in [0, 0.05) is 18.7 Å². The molecule has 1 rings (SSSR count). The van der Waals surface area contributed by atoms with E-state index in [4.69, 9.17) is 5.73 Å². The summed E-state index contributed by atoms with van der Waals surface area (Å²) >= 11 is 0. The summed E-state index contributed by atoms with van der Waals surface area (Å²) in [7, 11) is 1.85. The average Bonchev–Trinajstić information content (AvgIpc) is 2.20. The fourth-order valence-electron chi connectivity index (χ4n) is 1.13. The van der Waals surface area contributed by atoms with Crippen molar-refractivity contribution in [2.75, 3.05) is 19.3 Å². The van der Waals surface area contributed by atoms with Crippen LogP contribution < -0.4 is 11.1 Å². The Morgan fingerprint density at radius 1 is 1.47 bits per heavy atom. The molecule has 0 unspecified atom stereocenters. The standard InChI is InChI=1S/C12H15FN2/c1-9-7-11(13)10(8-12(9)14)5-3-4-6-15-2/h7-8,15H,4,6,14H2,1-2H3. The van der Waals surface area contributed by atoms with Crippen LogP contribution in [-0.2, 0) is 0 Å². The second kappa shape index (κ2) is 5.38. The van der Waals surface area contributed by atoms with E-state index in [0.717, 1.165) is 12.1 Å². The molecular weight excluding hydrogens is 191 g/mol. The van der Waals surface area contributed by atoms with E-state index in [1.807, 2.05) is 7.05 Å². The Balaban J connectivity index is 2.84. The van der Waals surface area contributed by atoms with Gasteiger partial charge < -0.3 is 11.1 Å². The summed E-state index contributed by atoms with van der Waals surface area (Å²) in [4.78, 5) is 0. The van der Waals surface area contributed by atoms with Gasteiger partial charge >= 0.3 is 0 Å². The molecule has 0 spiro atoms. The molecule has 0 aliphatic carbocycles. The number of halogens is 1. The highest BCUT2D eigenvalue weighted by atomic mass is 19.1. The van der Waals surface area contributed by atoms with E-state index in [1.54, 1.807) is 13.0 Å². The number of hydrogen-bond donors (Lipinski definition) is 2. The summed E-state index contributed by atoms with van der Waals surface area (Å²) in [6, 6.07) is 2.99. The maximum absolute atomic E-state index is 13.4. The minimum absolute atomic E-state index is 0.307. The molecule has 0 radical (unpaired) electrons. The van der Waals surface area contributed by atoms with Crippen LogP contribution in [0, 0.1) is 24.6 Å². The summed E-state index contributed by atoms with van der Waals surface area (Å²) in [5.41, 5.74) is 7.36. The van der Waals surface area contributed by atoms with Gasteiger partial charge in [-0.2, -0.15) is 0 Å². The normalized spacial score (nSPS) is 9.53. The lowest BCUT2D eigenvalue weighted by Gasteiger charge is -2.01. The van der Waals surface area contributed by atoms with Crippen molar-refractivity contribution in [3.8, 4) is 11.8 Å². The van der Waals surface area contributed by atoms with Gasteiger partial charge in [0.1, 0.15) is 5.82 Å². The van der Waals surface area contributed by atoms with Gasteiger partial charge in [-0.15, -0.1) is 0 Å². The van der Waals surface area contributed by atoms with Gasteiger partial charge in [-0.1, -0.05) is 11.8 Å². The van der Waals surface area contributed by atoms with Crippen molar-refractivity contribution in [3.63, 3.8) is 0 Å². The zero-order valence-electron chi connectivity index (χ0n) is 9.02. The second-order valence-electron chi connectivity index (χ2n) is 3.34. The van der Waals surface area contributed by atoms with Gasteiger partial charge in [-0.3, -0.25) is 0 Å². The fourth-order valence-corrected chi connectivity index (χ4v) is 1.13. The van der Waals surface area contributed by atoms with Crippen LogP contribution in [0.15, 0.2) is 12.1 Å². The van der Waals surface area contributed by atoms with Crippen LogP contribution in [0.25, 0.3) is 0 Å². The number of benzene rings is 1. The lowest BCUT2D eigenvalue weighted by molar-refractivity contribution is 0.623. The van der Waals surface area contributed by atoms with E-state index in [1.165, 1.54) is 6.07 Å².